The first-order valence-electron chi connectivity index (χ1n) is 7.70. The summed E-state index contributed by atoms with van der Waals surface area (Å²) < 4.78 is 12.8. The summed E-state index contributed by atoms with van der Waals surface area (Å²) >= 11 is 1.67. The van der Waals surface area contributed by atoms with E-state index in [4.69, 9.17) is 10.8 Å². The molecule has 1 unspecified atom stereocenters. The molecule has 4 heteroatoms. The summed E-state index contributed by atoms with van der Waals surface area (Å²) in [5.41, 5.74) is 6.51. The zero-order chi connectivity index (χ0) is 16.7. The molecule has 1 heterocycles. The zero-order valence-corrected chi connectivity index (χ0v) is 14.1. The van der Waals surface area contributed by atoms with Gasteiger partial charge in [-0.05, 0) is 56.0 Å². The van der Waals surface area contributed by atoms with Crippen molar-refractivity contribution in [3.63, 3.8) is 0 Å². The third-order valence-electron chi connectivity index (χ3n) is 3.63. The fourth-order valence-corrected chi connectivity index (χ4v) is 2.96. The van der Waals surface area contributed by atoms with Crippen molar-refractivity contribution in [3.8, 4) is 11.8 Å². The van der Waals surface area contributed by atoms with Gasteiger partial charge in [-0.3, -0.25) is 0 Å². The van der Waals surface area contributed by atoms with Crippen LogP contribution < -0.4 is 5.73 Å². The van der Waals surface area contributed by atoms with E-state index >= 15 is 0 Å². The largest absolute Gasteiger partial charge is 0.394 e. The van der Waals surface area contributed by atoms with Crippen molar-refractivity contribution in [1.29, 1.82) is 0 Å². The number of benzene rings is 1. The van der Waals surface area contributed by atoms with Gasteiger partial charge in [-0.1, -0.05) is 24.0 Å². The highest BCUT2D eigenvalue weighted by atomic mass is 32.1. The summed E-state index contributed by atoms with van der Waals surface area (Å²) in [5, 5.41) is 9.16. The van der Waals surface area contributed by atoms with Crippen LogP contribution in [-0.2, 0) is 12.8 Å². The van der Waals surface area contributed by atoms with Gasteiger partial charge in [0.25, 0.3) is 0 Å². The molecule has 0 amide bonds. The standard InChI is InChI=1S/C19H22FNOS/c1-19(21,14-22)13-12-18-11-10-17(23-18)5-3-2-4-15-6-8-16(20)9-7-15/h6-11,22H,2,4,12-14,21H2,1H3. The molecule has 0 radical (unpaired) electrons. The summed E-state index contributed by atoms with van der Waals surface area (Å²) in [7, 11) is 0. The van der Waals surface area contributed by atoms with Crippen LogP contribution in [0.15, 0.2) is 36.4 Å². The highest BCUT2D eigenvalue weighted by molar-refractivity contribution is 7.12. The SMILES string of the molecule is CC(N)(CO)CCc1ccc(C#CCCc2ccc(F)cc2)s1. The number of halogens is 1. The van der Waals surface area contributed by atoms with Crippen LogP contribution in [0.4, 0.5) is 4.39 Å². The van der Waals surface area contributed by atoms with E-state index in [1.165, 1.54) is 17.0 Å². The maximum Gasteiger partial charge on any atom is 0.123 e. The summed E-state index contributed by atoms with van der Waals surface area (Å²) in [6, 6.07) is 10.6. The van der Waals surface area contributed by atoms with E-state index in [1.807, 2.05) is 13.0 Å². The van der Waals surface area contributed by atoms with Crippen LogP contribution >= 0.6 is 11.3 Å². The van der Waals surface area contributed by atoms with Gasteiger partial charge in [0.15, 0.2) is 0 Å². The third kappa shape index (κ3) is 6.15. The van der Waals surface area contributed by atoms with Gasteiger partial charge < -0.3 is 10.8 Å². The topological polar surface area (TPSA) is 46.2 Å². The molecule has 2 rings (SSSR count). The summed E-state index contributed by atoms with van der Waals surface area (Å²) in [6.45, 7) is 1.85. The minimum atomic E-state index is -0.523. The zero-order valence-electron chi connectivity index (χ0n) is 13.3. The van der Waals surface area contributed by atoms with Gasteiger partial charge in [-0.25, -0.2) is 4.39 Å². The van der Waals surface area contributed by atoms with Crippen LogP contribution in [0.25, 0.3) is 0 Å². The van der Waals surface area contributed by atoms with E-state index in [0.29, 0.717) is 0 Å². The van der Waals surface area contributed by atoms with Gasteiger partial charge in [0.2, 0.25) is 0 Å². The minimum Gasteiger partial charge on any atom is -0.394 e. The van der Waals surface area contributed by atoms with Crippen molar-refractivity contribution < 1.29 is 9.50 Å². The number of thiophene rings is 1. The normalized spacial score (nSPS) is 13.2. The predicted octanol–water partition coefficient (Wildman–Crippen LogP) is 3.51. The average molecular weight is 331 g/mol. The molecule has 0 aliphatic carbocycles. The lowest BCUT2D eigenvalue weighted by molar-refractivity contribution is 0.201. The van der Waals surface area contributed by atoms with E-state index < -0.39 is 5.54 Å². The molecule has 3 N–H and O–H groups in total. The quantitative estimate of drug-likeness (QED) is 0.796. The number of hydrogen-bond acceptors (Lipinski definition) is 3. The van der Waals surface area contributed by atoms with E-state index in [-0.39, 0.29) is 12.4 Å². The number of nitrogens with two attached hydrogens (primary N) is 1. The molecule has 0 spiro atoms. The van der Waals surface area contributed by atoms with Crippen molar-refractivity contribution >= 4 is 11.3 Å². The molecule has 0 saturated carbocycles. The molecule has 23 heavy (non-hydrogen) atoms. The number of aryl methyl sites for hydroxylation is 2. The van der Waals surface area contributed by atoms with Crippen molar-refractivity contribution in [1.82, 2.24) is 0 Å². The second-order valence-electron chi connectivity index (χ2n) is 6.01. The van der Waals surface area contributed by atoms with Crippen LogP contribution in [-0.4, -0.2) is 17.3 Å². The van der Waals surface area contributed by atoms with Gasteiger partial charge in [0.05, 0.1) is 11.5 Å². The van der Waals surface area contributed by atoms with Crippen molar-refractivity contribution in [2.24, 2.45) is 5.73 Å². The lowest BCUT2D eigenvalue weighted by Crippen LogP contribution is -2.40. The van der Waals surface area contributed by atoms with Gasteiger partial charge >= 0.3 is 0 Å². The maximum absolute atomic E-state index is 12.8. The summed E-state index contributed by atoms with van der Waals surface area (Å²) in [6.07, 6.45) is 3.19. The molecule has 2 aromatic rings. The Balaban J connectivity index is 1.81. The summed E-state index contributed by atoms with van der Waals surface area (Å²) in [5.74, 6) is 6.13. The average Bonchev–Trinajstić information content (AvgIpc) is 2.99. The van der Waals surface area contributed by atoms with Crippen LogP contribution in [0, 0.1) is 17.7 Å². The van der Waals surface area contributed by atoms with Gasteiger partial charge in [-0.2, -0.15) is 0 Å². The number of aliphatic hydroxyl groups excluding tert-OH is 1. The van der Waals surface area contributed by atoms with E-state index in [1.54, 1.807) is 23.5 Å². The van der Waals surface area contributed by atoms with E-state index in [0.717, 1.165) is 36.1 Å². The smallest absolute Gasteiger partial charge is 0.123 e. The predicted molar refractivity (Wildman–Crippen MR) is 93.9 cm³/mol. The van der Waals surface area contributed by atoms with Crippen molar-refractivity contribution in [3.05, 3.63) is 57.5 Å². The highest BCUT2D eigenvalue weighted by Gasteiger charge is 2.16. The number of rotatable bonds is 6. The van der Waals surface area contributed by atoms with Gasteiger partial charge in [0, 0.05) is 16.8 Å². The number of aliphatic hydroxyl groups is 1. The van der Waals surface area contributed by atoms with Gasteiger partial charge in [-0.15, -0.1) is 11.3 Å². The van der Waals surface area contributed by atoms with E-state index in [9.17, 15) is 4.39 Å². The Labute approximate surface area is 141 Å². The molecule has 2 nitrogen and oxygen atoms in total. The Hall–Kier alpha value is -1.67. The van der Waals surface area contributed by atoms with Crippen LogP contribution in [0.2, 0.25) is 0 Å². The lowest BCUT2D eigenvalue weighted by atomic mass is 9.98. The Kier molecular flexibility index (Phi) is 6.35. The fraction of sp³-hybridized carbons (Fsp3) is 0.368. The lowest BCUT2D eigenvalue weighted by Gasteiger charge is -2.20. The molecule has 1 atom stereocenters. The first kappa shape index (κ1) is 17.7. The van der Waals surface area contributed by atoms with Crippen molar-refractivity contribution in [2.75, 3.05) is 6.61 Å². The second-order valence-corrected chi connectivity index (χ2v) is 7.17. The van der Waals surface area contributed by atoms with Gasteiger partial charge in [0.1, 0.15) is 5.82 Å². The molecule has 1 aromatic carbocycles. The second kappa shape index (κ2) is 8.26. The Bertz CT molecular complexity index is 679. The minimum absolute atomic E-state index is 0.00553. The molecule has 1 aromatic heterocycles. The van der Waals surface area contributed by atoms with E-state index in [2.05, 4.69) is 17.9 Å². The Morgan fingerprint density at radius 1 is 1.17 bits per heavy atom. The molecule has 0 saturated heterocycles. The first-order chi connectivity index (χ1) is 11.0. The Morgan fingerprint density at radius 2 is 1.91 bits per heavy atom. The molecule has 0 fully saturated rings. The van der Waals surface area contributed by atoms with Crippen LogP contribution in [0.3, 0.4) is 0 Å². The third-order valence-corrected chi connectivity index (χ3v) is 4.69. The first-order valence-corrected chi connectivity index (χ1v) is 8.52. The highest BCUT2D eigenvalue weighted by Crippen LogP contribution is 2.19. The van der Waals surface area contributed by atoms with Crippen LogP contribution in [0.1, 0.15) is 35.1 Å². The van der Waals surface area contributed by atoms with Crippen LogP contribution in [0.5, 0.6) is 0 Å². The molecule has 0 bridgehead atoms. The Morgan fingerprint density at radius 3 is 2.61 bits per heavy atom. The molecule has 122 valence electrons. The fourth-order valence-electron chi connectivity index (χ4n) is 2.07. The summed E-state index contributed by atoms with van der Waals surface area (Å²) in [4.78, 5) is 2.28. The van der Waals surface area contributed by atoms with Crippen molar-refractivity contribution in [2.45, 2.75) is 38.1 Å². The molecular formula is C19H22FNOS. The molecule has 0 aliphatic rings. The molecule has 0 aliphatic heterocycles. The molecular weight excluding hydrogens is 309 g/mol. The monoisotopic (exact) mass is 331 g/mol. The maximum atomic E-state index is 12.8. The number of hydrogen-bond donors (Lipinski definition) is 2.